The first-order chi connectivity index (χ1) is 12.7. The molecule has 1 amide bonds. The molecule has 0 aromatic heterocycles. The van der Waals surface area contributed by atoms with Crippen molar-refractivity contribution in [3.8, 4) is 0 Å². The summed E-state index contributed by atoms with van der Waals surface area (Å²) in [7, 11) is -2.36. The zero-order valence-electron chi connectivity index (χ0n) is 16.0. The summed E-state index contributed by atoms with van der Waals surface area (Å²) in [6.07, 6.45) is 1.52. The van der Waals surface area contributed by atoms with Crippen LogP contribution in [-0.2, 0) is 14.8 Å². The second kappa shape index (κ2) is 8.92. The van der Waals surface area contributed by atoms with Gasteiger partial charge in [-0.15, -0.1) is 0 Å². The predicted octanol–water partition coefficient (Wildman–Crippen LogP) is 2.89. The highest BCUT2D eigenvalue weighted by atomic mass is 32.2. The Morgan fingerprint density at radius 1 is 1.11 bits per heavy atom. The van der Waals surface area contributed by atoms with Crippen molar-refractivity contribution < 1.29 is 13.2 Å². The minimum absolute atomic E-state index is 0.150. The Morgan fingerprint density at radius 2 is 1.70 bits per heavy atom. The number of hydrazone groups is 1. The van der Waals surface area contributed by atoms with Gasteiger partial charge in [-0.3, -0.25) is 4.79 Å². The van der Waals surface area contributed by atoms with Gasteiger partial charge in [0, 0.05) is 7.05 Å². The first kappa shape index (κ1) is 20.8. The van der Waals surface area contributed by atoms with Gasteiger partial charge in [-0.05, 0) is 36.1 Å². The second-order valence-electron chi connectivity index (χ2n) is 6.69. The molecule has 0 aliphatic carbocycles. The molecule has 7 heteroatoms. The number of amides is 1. The average molecular weight is 388 g/mol. The molecule has 2 aromatic rings. The van der Waals surface area contributed by atoms with Crippen LogP contribution >= 0.6 is 0 Å². The number of sulfonamides is 1. The van der Waals surface area contributed by atoms with Crippen molar-refractivity contribution in [1.82, 2.24) is 9.73 Å². The van der Waals surface area contributed by atoms with Gasteiger partial charge >= 0.3 is 0 Å². The van der Waals surface area contributed by atoms with Crippen LogP contribution in [0.2, 0.25) is 0 Å². The molecule has 0 saturated heterocycles. The second-order valence-corrected chi connectivity index (χ2v) is 8.73. The molecule has 144 valence electrons. The predicted molar refractivity (Wildman–Crippen MR) is 107 cm³/mol. The molecule has 0 atom stereocenters. The molecule has 0 heterocycles. The topological polar surface area (TPSA) is 78.8 Å². The van der Waals surface area contributed by atoms with E-state index in [1.807, 2.05) is 31.2 Å². The van der Waals surface area contributed by atoms with E-state index in [-0.39, 0.29) is 11.4 Å². The lowest BCUT2D eigenvalue weighted by molar-refractivity contribution is -0.121. The van der Waals surface area contributed by atoms with E-state index in [4.69, 9.17) is 0 Å². The fourth-order valence-corrected chi connectivity index (χ4v) is 3.49. The van der Waals surface area contributed by atoms with E-state index in [1.165, 1.54) is 31.0 Å². The molecule has 0 spiro atoms. The quantitative estimate of drug-likeness (QED) is 0.586. The molecule has 2 rings (SSSR count). The summed E-state index contributed by atoms with van der Waals surface area (Å²) in [6.45, 7) is 5.79. The molecule has 0 bridgehead atoms. The molecule has 0 radical (unpaired) electrons. The van der Waals surface area contributed by atoms with Crippen molar-refractivity contribution in [1.29, 1.82) is 0 Å². The monoisotopic (exact) mass is 387 g/mol. The number of rotatable bonds is 7. The summed E-state index contributed by atoms with van der Waals surface area (Å²) in [5, 5.41) is 3.89. The molecular formula is C20H25N3O3S. The number of hydrogen-bond acceptors (Lipinski definition) is 4. The van der Waals surface area contributed by atoms with E-state index in [0.717, 1.165) is 15.4 Å². The summed E-state index contributed by atoms with van der Waals surface area (Å²) in [5.41, 5.74) is 5.39. The van der Waals surface area contributed by atoms with E-state index in [1.54, 1.807) is 12.1 Å². The Morgan fingerprint density at radius 3 is 2.26 bits per heavy atom. The maximum absolute atomic E-state index is 12.5. The standard InChI is InChI=1S/C20H25N3O3S/c1-15(2)18-9-7-17(8-10-18)13-21-22-20(24)14-23(4)27(25,26)19-11-5-16(3)6-12-19/h5-13,15H,14H2,1-4H3,(H,22,24)/b21-13+. The van der Waals surface area contributed by atoms with Gasteiger partial charge < -0.3 is 0 Å². The maximum atomic E-state index is 12.5. The highest BCUT2D eigenvalue weighted by Gasteiger charge is 2.22. The summed E-state index contributed by atoms with van der Waals surface area (Å²) in [4.78, 5) is 12.1. The van der Waals surface area contributed by atoms with Gasteiger partial charge in [0.2, 0.25) is 10.0 Å². The number of hydrogen-bond donors (Lipinski definition) is 1. The Balaban J connectivity index is 1.93. The lowest BCUT2D eigenvalue weighted by atomic mass is 10.0. The lowest BCUT2D eigenvalue weighted by Crippen LogP contribution is -2.36. The molecule has 0 aliphatic rings. The smallest absolute Gasteiger partial charge is 0.255 e. The van der Waals surface area contributed by atoms with E-state index >= 15 is 0 Å². The van der Waals surface area contributed by atoms with Gasteiger partial charge in [-0.2, -0.15) is 9.41 Å². The number of carbonyl (C=O) groups excluding carboxylic acids is 1. The Kier molecular flexibility index (Phi) is 6.87. The molecule has 27 heavy (non-hydrogen) atoms. The van der Waals surface area contributed by atoms with Crippen LogP contribution in [0.1, 0.15) is 36.5 Å². The molecular weight excluding hydrogens is 362 g/mol. The lowest BCUT2D eigenvalue weighted by Gasteiger charge is -2.16. The van der Waals surface area contributed by atoms with Gasteiger partial charge in [-0.25, -0.2) is 13.8 Å². The third kappa shape index (κ3) is 5.74. The van der Waals surface area contributed by atoms with Gasteiger partial charge in [0.05, 0.1) is 17.7 Å². The van der Waals surface area contributed by atoms with Crippen molar-refractivity contribution in [2.45, 2.75) is 31.6 Å². The van der Waals surface area contributed by atoms with E-state index in [9.17, 15) is 13.2 Å². The van der Waals surface area contributed by atoms with Crippen LogP contribution in [0.25, 0.3) is 0 Å². The van der Waals surface area contributed by atoms with Gasteiger partial charge in [-0.1, -0.05) is 55.8 Å². The number of carbonyl (C=O) groups is 1. The van der Waals surface area contributed by atoms with Crippen molar-refractivity contribution in [2.24, 2.45) is 5.10 Å². The SMILES string of the molecule is Cc1ccc(S(=O)(=O)N(C)CC(=O)N/N=C/c2ccc(C(C)C)cc2)cc1. The van der Waals surface area contributed by atoms with E-state index in [2.05, 4.69) is 24.4 Å². The zero-order valence-corrected chi connectivity index (χ0v) is 16.8. The summed E-state index contributed by atoms with van der Waals surface area (Å²) in [6, 6.07) is 14.3. The number of aryl methyl sites for hydroxylation is 1. The minimum Gasteiger partial charge on any atom is -0.272 e. The van der Waals surface area contributed by atoms with Crippen LogP contribution < -0.4 is 5.43 Å². The molecule has 2 aromatic carbocycles. The third-order valence-electron chi connectivity index (χ3n) is 4.10. The number of likely N-dealkylation sites (N-methyl/N-ethyl adjacent to an activating group) is 1. The molecule has 1 N–H and O–H groups in total. The molecule has 0 unspecified atom stereocenters. The molecule has 0 aliphatic heterocycles. The summed E-state index contributed by atoms with van der Waals surface area (Å²) >= 11 is 0. The highest BCUT2D eigenvalue weighted by molar-refractivity contribution is 7.89. The molecule has 0 fully saturated rings. The van der Waals surface area contributed by atoms with Gasteiger partial charge in [0.1, 0.15) is 0 Å². The Hall–Kier alpha value is -2.51. The Labute approximate surface area is 161 Å². The van der Waals surface area contributed by atoms with Crippen LogP contribution in [0.15, 0.2) is 58.5 Å². The van der Waals surface area contributed by atoms with Crippen LogP contribution in [0.3, 0.4) is 0 Å². The van der Waals surface area contributed by atoms with Crippen molar-refractivity contribution in [3.63, 3.8) is 0 Å². The van der Waals surface area contributed by atoms with Crippen LogP contribution in [0.4, 0.5) is 0 Å². The first-order valence-electron chi connectivity index (χ1n) is 8.65. The first-order valence-corrected chi connectivity index (χ1v) is 10.1. The van der Waals surface area contributed by atoms with Crippen LogP contribution in [-0.4, -0.2) is 38.4 Å². The Bertz CT molecular complexity index is 902. The van der Waals surface area contributed by atoms with Crippen LogP contribution in [0, 0.1) is 6.92 Å². The normalized spacial score (nSPS) is 12.1. The third-order valence-corrected chi connectivity index (χ3v) is 5.92. The van der Waals surface area contributed by atoms with Crippen molar-refractivity contribution in [2.75, 3.05) is 13.6 Å². The van der Waals surface area contributed by atoms with Crippen LogP contribution in [0.5, 0.6) is 0 Å². The average Bonchev–Trinajstić information content (AvgIpc) is 2.62. The minimum atomic E-state index is -3.72. The number of nitrogens with zero attached hydrogens (tertiary/aromatic N) is 2. The van der Waals surface area contributed by atoms with Gasteiger partial charge in [0.15, 0.2) is 0 Å². The summed E-state index contributed by atoms with van der Waals surface area (Å²) < 4.78 is 25.9. The maximum Gasteiger partial charge on any atom is 0.255 e. The van der Waals surface area contributed by atoms with Crippen molar-refractivity contribution >= 4 is 22.1 Å². The summed E-state index contributed by atoms with van der Waals surface area (Å²) in [5.74, 6) is -0.0649. The number of nitrogens with one attached hydrogen (secondary N) is 1. The van der Waals surface area contributed by atoms with E-state index < -0.39 is 15.9 Å². The molecule has 0 saturated carbocycles. The largest absolute Gasteiger partial charge is 0.272 e. The fraction of sp³-hybridized carbons (Fsp3) is 0.300. The van der Waals surface area contributed by atoms with Gasteiger partial charge in [0.25, 0.3) is 5.91 Å². The van der Waals surface area contributed by atoms with E-state index in [0.29, 0.717) is 5.92 Å². The highest BCUT2D eigenvalue weighted by Crippen LogP contribution is 2.15. The number of benzene rings is 2. The zero-order chi connectivity index (χ0) is 20.0. The van der Waals surface area contributed by atoms with Crippen molar-refractivity contribution in [3.05, 3.63) is 65.2 Å². The fourth-order valence-electron chi connectivity index (χ4n) is 2.36. The molecule has 6 nitrogen and oxygen atoms in total.